The number of thiophene rings is 1. The van der Waals surface area contributed by atoms with Gasteiger partial charge in [-0.2, -0.15) is 11.3 Å². The highest BCUT2D eigenvalue weighted by Crippen LogP contribution is 2.21. The quantitative estimate of drug-likeness (QED) is 0.778. The van der Waals surface area contributed by atoms with Crippen LogP contribution >= 0.6 is 11.3 Å². The largest absolute Gasteiger partial charge is 0.421 e. The zero-order valence-electron chi connectivity index (χ0n) is 13.2. The van der Waals surface area contributed by atoms with E-state index in [9.17, 15) is 4.79 Å². The maximum Gasteiger partial charge on any atom is 0.248 e. The van der Waals surface area contributed by atoms with Gasteiger partial charge >= 0.3 is 0 Å². The van der Waals surface area contributed by atoms with Crippen LogP contribution in [0, 0.1) is 5.92 Å². The minimum absolute atomic E-state index is 0.134. The van der Waals surface area contributed by atoms with Gasteiger partial charge in [-0.05, 0) is 24.8 Å². The van der Waals surface area contributed by atoms with E-state index in [1.807, 2.05) is 28.7 Å². The minimum atomic E-state index is 0.134. The fourth-order valence-electron chi connectivity index (χ4n) is 2.68. The Morgan fingerprint density at radius 2 is 2.39 bits per heavy atom. The standard InChI is InChI=1S/C16H21N3O3S/c1-2-19(9-12-5-7-21-10-12)15(20)4-3-14-17-18-16(22-14)13-6-8-23-11-13/h6,8,11-12H,2-5,7,9-10H2,1H3/t12-/m0/s1. The molecule has 0 aliphatic carbocycles. The summed E-state index contributed by atoms with van der Waals surface area (Å²) in [7, 11) is 0. The average molecular weight is 335 g/mol. The van der Waals surface area contributed by atoms with Crippen molar-refractivity contribution in [1.29, 1.82) is 0 Å². The summed E-state index contributed by atoms with van der Waals surface area (Å²) in [5.41, 5.74) is 0.927. The van der Waals surface area contributed by atoms with Gasteiger partial charge in [-0.25, -0.2) is 0 Å². The number of amides is 1. The second-order valence-corrected chi connectivity index (χ2v) is 6.46. The Balaban J connectivity index is 1.51. The molecule has 3 rings (SSSR count). The van der Waals surface area contributed by atoms with E-state index in [0.717, 1.165) is 38.3 Å². The number of hydrogen-bond acceptors (Lipinski definition) is 6. The third-order valence-electron chi connectivity index (χ3n) is 4.02. The molecule has 23 heavy (non-hydrogen) atoms. The first-order chi connectivity index (χ1) is 11.3. The van der Waals surface area contributed by atoms with Crippen LogP contribution in [0.15, 0.2) is 21.2 Å². The lowest BCUT2D eigenvalue weighted by Crippen LogP contribution is -2.35. The van der Waals surface area contributed by atoms with Crippen LogP contribution in [0.25, 0.3) is 11.5 Å². The predicted molar refractivity (Wildman–Crippen MR) is 87.1 cm³/mol. The molecule has 1 atom stereocenters. The van der Waals surface area contributed by atoms with Crippen molar-refractivity contribution in [3.63, 3.8) is 0 Å². The highest BCUT2D eigenvalue weighted by Gasteiger charge is 2.21. The maximum absolute atomic E-state index is 12.4. The number of carbonyl (C=O) groups excluding carboxylic acids is 1. The summed E-state index contributed by atoms with van der Waals surface area (Å²) in [4.78, 5) is 14.3. The summed E-state index contributed by atoms with van der Waals surface area (Å²) in [5, 5.41) is 12.0. The molecule has 124 valence electrons. The second-order valence-electron chi connectivity index (χ2n) is 5.67. The zero-order chi connectivity index (χ0) is 16.1. The van der Waals surface area contributed by atoms with Gasteiger partial charge in [0.05, 0.1) is 6.61 Å². The fourth-order valence-corrected chi connectivity index (χ4v) is 3.31. The van der Waals surface area contributed by atoms with Gasteiger partial charge < -0.3 is 14.1 Å². The van der Waals surface area contributed by atoms with Crippen molar-refractivity contribution in [2.45, 2.75) is 26.2 Å². The molecular formula is C16H21N3O3S. The van der Waals surface area contributed by atoms with E-state index in [2.05, 4.69) is 10.2 Å². The molecule has 0 saturated carbocycles. The molecule has 0 N–H and O–H groups in total. The molecule has 0 aromatic carbocycles. The number of ether oxygens (including phenoxy) is 1. The van der Waals surface area contributed by atoms with Gasteiger partial charge in [-0.3, -0.25) is 4.79 Å². The first-order valence-electron chi connectivity index (χ1n) is 7.96. The first-order valence-corrected chi connectivity index (χ1v) is 8.91. The van der Waals surface area contributed by atoms with Crippen LogP contribution in [0.4, 0.5) is 0 Å². The Morgan fingerprint density at radius 1 is 1.48 bits per heavy atom. The van der Waals surface area contributed by atoms with E-state index in [4.69, 9.17) is 9.15 Å². The normalized spacial score (nSPS) is 17.5. The van der Waals surface area contributed by atoms with Crippen LogP contribution in [0.2, 0.25) is 0 Å². The van der Waals surface area contributed by atoms with Crippen LogP contribution in [0.3, 0.4) is 0 Å². The van der Waals surface area contributed by atoms with E-state index in [0.29, 0.717) is 30.5 Å². The summed E-state index contributed by atoms with van der Waals surface area (Å²) in [6, 6.07) is 1.94. The summed E-state index contributed by atoms with van der Waals surface area (Å²) >= 11 is 1.59. The van der Waals surface area contributed by atoms with Crippen LogP contribution < -0.4 is 0 Å². The fraction of sp³-hybridized carbons (Fsp3) is 0.562. The van der Waals surface area contributed by atoms with Crippen molar-refractivity contribution in [3.05, 3.63) is 22.7 Å². The molecule has 7 heteroatoms. The van der Waals surface area contributed by atoms with Crippen molar-refractivity contribution in [3.8, 4) is 11.5 Å². The molecule has 2 aromatic heterocycles. The summed E-state index contributed by atoms with van der Waals surface area (Å²) in [6.45, 7) is 5.08. The van der Waals surface area contributed by atoms with Gasteiger partial charge in [0.25, 0.3) is 0 Å². The van der Waals surface area contributed by atoms with Gasteiger partial charge in [-0.15, -0.1) is 10.2 Å². The molecule has 6 nitrogen and oxygen atoms in total. The number of nitrogens with zero attached hydrogens (tertiary/aromatic N) is 3. The summed E-state index contributed by atoms with van der Waals surface area (Å²) in [5.74, 6) is 1.63. The molecule has 1 saturated heterocycles. The van der Waals surface area contributed by atoms with Gasteiger partial charge in [-0.1, -0.05) is 0 Å². The topological polar surface area (TPSA) is 68.5 Å². The van der Waals surface area contributed by atoms with Gasteiger partial charge in [0.2, 0.25) is 17.7 Å². The molecule has 2 aromatic rings. The van der Waals surface area contributed by atoms with Gasteiger partial charge in [0.1, 0.15) is 0 Å². The van der Waals surface area contributed by atoms with Crippen molar-refractivity contribution in [2.75, 3.05) is 26.3 Å². The smallest absolute Gasteiger partial charge is 0.248 e. The van der Waals surface area contributed by atoms with Crippen LogP contribution in [-0.4, -0.2) is 47.3 Å². The zero-order valence-corrected chi connectivity index (χ0v) is 14.1. The predicted octanol–water partition coefficient (Wildman–Crippen LogP) is 2.62. The van der Waals surface area contributed by atoms with Crippen molar-refractivity contribution < 1.29 is 13.9 Å². The summed E-state index contributed by atoms with van der Waals surface area (Å²) in [6.07, 6.45) is 1.91. The molecule has 1 fully saturated rings. The Kier molecular flexibility index (Phi) is 5.40. The third-order valence-corrected chi connectivity index (χ3v) is 4.71. The second kappa shape index (κ2) is 7.70. The molecule has 3 heterocycles. The number of hydrogen-bond donors (Lipinski definition) is 0. The molecule has 0 unspecified atom stereocenters. The Morgan fingerprint density at radius 3 is 3.09 bits per heavy atom. The lowest BCUT2D eigenvalue weighted by atomic mass is 10.1. The van der Waals surface area contributed by atoms with Crippen LogP contribution in [0.1, 0.15) is 25.7 Å². The van der Waals surface area contributed by atoms with Gasteiger partial charge in [0.15, 0.2) is 0 Å². The molecular weight excluding hydrogens is 314 g/mol. The highest BCUT2D eigenvalue weighted by molar-refractivity contribution is 7.08. The third kappa shape index (κ3) is 4.17. The lowest BCUT2D eigenvalue weighted by molar-refractivity contribution is -0.131. The van der Waals surface area contributed by atoms with Crippen molar-refractivity contribution in [1.82, 2.24) is 15.1 Å². The average Bonchev–Trinajstić information content (AvgIpc) is 3.32. The number of aryl methyl sites for hydroxylation is 1. The van der Waals surface area contributed by atoms with Crippen molar-refractivity contribution >= 4 is 17.2 Å². The first kappa shape index (κ1) is 16.1. The summed E-state index contributed by atoms with van der Waals surface area (Å²) < 4.78 is 11.0. The number of carbonyl (C=O) groups is 1. The number of aromatic nitrogens is 2. The molecule has 1 aliphatic rings. The monoisotopic (exact) mass is 335 g/mol. The van der Waals surface area contributed by atoms with E-state index in [1.54, 1.807) is 11.3 Å². The Bertz CT molecular complexity index is 620. The van der Waals surface area contributed by atoms with E-state index < -0.39 is 0 Å². The highest BCUT2D eigenvalue weighted by atomic mass is 32.1. The minimum Gasteiger partial charge on any atom is -0.421 e. The molecule has 0 radical (unpaired) electrons. The molecule has 0 bridgehead atoms. The van der Waals surface area contributed by atoms with E-state index >= 15 is 0 Å². The van der Waals surface area contributed by atoms with Crippen LogP contribution in [-0.2, 0) is 16.0 Å². The Labute approximate surface area is 139 Å². The number of rotatable bonds is 7. The van der Waals surface area contributed by atoms with E-state index in [-0.39, 0.29) is 5.91 Å². The Hall–Kier alpha value is -1.73. The van der Waals surface area contributed by atoms with Crippen LogP contribution in [0.5, 0.6) is 0 Å². The molecule has 1 aliphatic heterocycles. The van der Waals surface area contributed by atoms with Gasteiger partial charge in [0, 0.05) is 49.4 Å². The SMILES string of the molecule is CCN(C[C@@H]1CCOC1)C(=O)CCc1nnc(-c2ccsc2)o1. The molecule has 0 spiro atoms. The lowest BCUT2D eigenvalue weighted by Gasteiger charge is -2.23. The molecule has 1 amide bonds. The van der Waals surface area contributed by atoms with Crippen molar-refractivity contribution in [2.24, 2.45) is 5.92 Å². The van der Waals surface area contributed by atoms with E-state index in [1.165, 1.54) is 0 Å². The maximum atomic E-state index is 12.4.